The number of likely N-dealkylation sites (tertiary alicyclic amines) is 1. The van der Waals surface area contributed by atoms with Crippen molar-refractivity contribution in [2.24, 2.45) is 0 Å². The van der Waals surface area contributed by atoms with Crippen molar-refractivity contribution in [1.82, 2.24) is 4.90 Å². The van der Waals surface area contributed by atoms with Crippen LogP contribution in [0.3, 0.4) is 0 Å². The average molecular weight is 381 g/mol. The Morgan fingerprint density at radius 1 is 1.25 bits per heavy atom. The number of rotatable bonds is 6. The maximum atomic E-state index is 12.4. The molecule has 1 N–H and O–H groups in total. The molecule has 2 amide bonds. The number of benzene rings is 1. The molecule has 28 heavy (non-hydrogen) atoms. The summed E-state index contributed by atoms with van der Waals surface area (Å²) in [5.41, 5.74) is 1.38. The zero-order chi connectivity index (χ0) is 19.9. The van der Waals surface area contributed by atoms with Gasteiger partial charge >= 0.3 is 5.97 Å². The van der Waals surface area contributed by atoms with E-state index in [9.17, 15) is 14.4 Å². The van der Waals surface area contributed by atoms with Gasteiger partial charge in [-0.1, -0.05) is 12.1 Å². The van der Waals surface area contributed by atoms with Gasteiger partial charge in [0, 0.05) is 12.2 Å². The number of amides is 2. The number of anilines is 1. The number of esters is 1. The molecule has 2 aromatic rings. The molecule has 3 rings (SSSR count). The molecule has 144 valence electrons. The van der Waals surface area contributed by atoms with Gasteiger partial charge in [-0.3, -0.25) is 9.59 Å². The van der Waals surface area contributed by atoms with Crippen molar-refractivity contribution in [2.45, 2.75) is 25.3 Å². The zero-order valence-corrected chi connectivity index (χ0v) is 15.1. The molecule has 8 heteroatoms. The molecule has 1 aromatic heterocycles. The minimum atomic E-state index is -0.726. The number of ether oxygens (including phenoxy) is 1. The summed E-state index contributed by atoms with van der Waals surface area (Å²) >= 11 is 0. The van der Waals surface area contributed by atoms with Gasteiger partial charge in [0.15, 0.2) is 12.4 Å². The fourth-order valence-electron chi connectivity index (χ4n) is 3.02. The molecular weight excluding hydrogens is 362 g/mol. The van der Waals surface area contributed by atoms with E-state index in [4.69, 9.17) is 14.4 Å². The second kappa shape index (κ2) is 8.86. The van der Waals surface area contributed by atoms with Crippen LogP contribution in [0, 0.1) is 11.3 Å². The second-order valence-corrected chi connectivity index (χ2v) is 6.32. The Labute approximate surface area is 161 Å². The average Bonchev–Trinajstić information content (AvgIpc) is 3.39. The molecule has 0 radical (unpaired) electrons. The number of carbonyl (C=O) groups is 3. The molecule has 0 spiro atoms. The van der Waals surface area contributed by atoms with Gasteiger partial charge in [0.05, 0.1) is 18.8 Å². The summed E-state index contributed by atoms with van der Waals surface area (Å²) in [6.07, 6.45) is 2.84. The fourth-order valence-corrected chi connectivity index (χ4v) is 3.02. The summed E-state index contributed by atoms with van der Waals surface area (Å²) in [4.78, 5) is 38.2. The van der Waals surface area contributed by atoms with Crippen LogP contribution < -0.4 is 5.32 Å². The van der Waals surface area contributed by atoms with Gasteiger partial charge in [-0.05, 0) is 42.7 Å². The van der Waals surface area contributed by atoms with Crippen LogP contribution in [0.1, 0.15) is 29.0 Å². The monoisotopic (exact) mass is 381 g/mol. The maximum Gasteiger partial charge on any atom is 0.329 e. The highest BCUT2D eigenvalue weighted by Gasteiger charge is 2.36. The van der Waals surface area contributed by atoms with Crippen LogP contribution in [-0.2, 0) is 20.7 Å². The van der Waals surface area contributed by atoms with Gasteiger partial charge in [0.2, 0.25) is 0 Å². The lowest BCUT2D eigenvalue weighted by atomic mass is 10.1. The first kappa shape index (κ1) is 19.2. The molecule has 2 heterocycles. The van der Waals surface area contributed by atoms with E-state index in [1.807, 2.05) is 6.07 Å². The third-order valence-electron chi connectivity index (χ3n) is 4.38. The number of nitrogens with one attached hydrogen (secondary N) is 1. The van der Waals surface area contributed by atoms with Crippen molar-refractivity contribution >= 4 is 23.5 Å². The minimum absolute atomic E-state index is 0.164. The lowest BCUT2D eigenvalue weighted by Gasteiger charge is -2.22. The predicted octanol–water partition coefficient (Wildman–Crippen LogP) is 2.13. The molecule has 1 atom stereocenters. The third kappa shape index (κ3) is 4.57. The number of hydrogen-bond donors (Lipinski definition) is 1. The highest BCUT2D eigenvalue weighted by molar-refractivity contribution is 5.96. The molecule has 1 saturated heterocycles. The van der Waals surface area contributed by atoms with Crippen LogP contribution in [0.25, 0.3) is 0 Å². The summed E-state index contributed by atoms with van der Waals surface area (Å²) in [7, 11) is 0. The standard InChI is InChI=1S/C20H19N3O5/c21-10-9-14-5-7-15(8-6-14)22-18(24)13-28-20(26)16-3-1-11-23(16)19(25)17-4-2-12-27-17/h2,4-8,12,16H,1,3,9,11,13H2,(H,22,24)/t16-/m0/s1. The highest BCUT2D eigenvalue weighted by Crippen LogP contribution is 2.21. The molecule has 1 aromatic carbocycles. The molecular formula is C20H19N3O5. The number of furan rings is 1. The highest BCUT2D eigenvalue weighted by atomic mass is 16.5. The Hall–Kier alpha value is -3.60. The Bertz CT molecular complexity index is 884. The van der Waals surface area contributed by atoms with Crippen molar-refractivity contribution in [3.8, 4) is 6.07 Å². The van der Waals surface area contributed by atoms with Crippen molar-refractivity contribution < 1.29 is 23.5 Å². The summed E-state index contributed by atoms with van der Waals surface area (Å²) in [5.74, 6) is -1.30. The smallest absolute Gasteiger partial charge is 0.329 e. The van der Waals surface area contributed by atoms with E-state index in [0.29, 0.717) is 31.5 Å². The van der Waals surface area contributed by atoms with Crippen LogP contribution in [0.4, 0.5) is 5.69 Å². The van der Waals surface area contributed by atoms with Gasteiger partial charge in [-0.15, -0.1) is 0 Å². The number of nitriles is 1. The second-order valence-electron chi connectivity index (χ2n) is 6.32. The summed E-state index contributed by atoms with van der Waals surface area (Å²) in [5, 5.41) is 11.3. The van der Waals surface area contributed by atoms with Crippen LogP contribution in [-0.4, -0.2) is 41.9 Å². The number of hydrogen-bond acceptors (Lipinski definition) is 6. The molecule has 0 bridgehead atoms. The maximum absolute atomic E-state index is 12.4. The third-order valence-corrected chi connectivity index (χ3v) is 4.38. The lowest BCUT2D eigenvalue weighted by molar-refractivity contribution is -0.151. The molecule has 1 aliphatic heterocycles. The lowest BCUT2D eigenvalue weighted by Crippen LogP contribution is -2.42. The van der Waals surface area contributed by atoms with Crippen molar-refractivity contribution in [3.63, 3.8) is 0 Å². The molecule has 0 unspecified atom stereocenters. The Morgan fingerprint density at radius 2 is 2.04 bits per heavy atom. The Balaban J connectivity index is 1.50. The fraction of sp³-hybridized carbons (Fsp3) is 0.300. The van der Waals surface area contributed by atoms with Crippen molar-refractivity contribution in [3.05, 3.63) is 54.0 Å². The summed E-state index contributed by atoms with van der Waals surface area (Å²) in [6, 6.07) is 11.3. The Morgan fingerprint density at radius 3 is 2.71 bits per heavy atom. The zero-order valence-electron chi connectivity index (χ0n) is 15.1. The topological polar surface area (TPSA) is 113 Å². The van der Waals surface area contributed by atoms with Crippen molar-refractivity contribution in [1.29, 1.82) is 5.26 Å². The van der Waals surface area contributed by atoms with Crippen LogP contribution in [0.2, 0.25) is 0 Å². The van der Waals surface area contributed by atoms with Gasteiger partial charge in [0.25, 0.3) is 11.8 Å². The van der Waals surface area contributed by atoms with E-state index in [-0.39, 0.29) is 11.7 Å². The van der Waals surface area contributed by atoms with Gasteiger partial charge in [0.1, 0.15) is 6.04 Å². The molecule has 1 fully saturated rings. The summed E-state index contributed by atoms with van der Waals surface area (Å²) in [6.45, 7) is -0.0153. The molecule has 0 saturated carbocycles. The Kier molecular flexibility index (Phi) is 6.07. The van der Waals surface area contributed by atoms with E-state index in [1.54, 1.807) is 36.4 Å². The molecule has 0 aliphatic carbocycles. The van der Waals surface area contributed by atoms with Crippen LogP contribution in [0.15, 0.2) is 47.1 Å². The largest absolute Gasteiger partial charge is 0.459 e. The van der Waals surface area contributed by atoms with Crippen LogP contribution in [0.5, 0.6) is 0 Å². The van der Waals surface area contributed by atoms with Crippen molar-refractivity contribution in [2.75, 3.05) is 18.5 Å². The first-order valence-electron chi connectivity index (χ1n) is 8.85. The van der Waals surface area contributed by atoms with Gasteiger partial charge in [-0.2, -0.15) is 5.26 Å². The number of carbonyl (C=O) groups excluding carboxylic acids is 3. The van der Waals surface area contributed by atoms with E-state index in [0.717, 1.165) is 5.56 Å². The normalized spacial score (nSPS) is 15.7. The predicted molar refractivity (Wildman–Crippen MR) is 98.1 cm³/mol. The SMILES string of the molecule is N#CCc1ccc(NC(=O)COC(=O)[C@@H]2CCCN2C(=O)c2ccco2)cc1. The van der Waals surface area contributed by atoms with E-state index < -0.39 is 24.5 Å². The number of nitrogens with zero attached hydrogens (tertiary/aromatic N) is 2. The first-order chi connectivity index (χ1) is 13.6. The van der Waals surface area contributed by atoms with E-state index in [1.165, 1.54) is 11.2 Å². The van der Waals surface area contributed by atoms with Gasteiger partial charge < -0.3 is 19.4 Å². The van der Waals surface area contributed by atoms with Gasteiger partial charge in [-0.25, -0.2) is 4.79 Å². The molecule has 1 aliphatic rings. The van der Waals surface area contributed by atoms with E-state index >= 15 is 0 Å². The van der Waals surface area contributed by atoms with E-state index in [2.05, 4.69) is 5.32 Å². The minimum Gasteiger partial charge on any atom is -0.459 e. The first-order valence-corrected chi connectivity index (χ1v) is 8.85. The molecule has 8 nitrogen and oxygen atoms in total. The quantitative estimate of drug-likeness (QED) is 0.767. The van der Waals surface area contributed by atoms with Crippen LogP contribution >= 0.6 is 0 Å². The summed E-state index contributed by atoms with van der Waals surface area (Å²) < 4.78 is 10.2.